The number of aromatic nitrogens is 2. The summed E-state index contributed by atoms with van der Waals surface area (Å²) in [4.78, 5) is 44.9. The molecular formula is C33H24FN3O4. The van der Waals surface area contributed by atoms with E-state index in [-0.39, 0.29) is 42.8 Å². The van der Waals surface area contributed by atoms with Crippen LogP contribution >= 0.6 is 0 Å². The van der Waals surface area contributed by atoms with E-state index in [9.17, 15) is 18.8 Å². The van der Waals surface area contributed by atoms with Gasteiger partial charge in [-0.25, -0.2) is 9.37 Å². The molecule has 0 atom stereocenters. The predicted octanol–water partition coefficient (Wildman–Crippen LogP) is 5.52. The molecule has 0 saturated heterocycles. The van der Waals surface area contributed by atoms with Gasteiger partial charge in [-0.05, 0) is 54.1 Å². The van der Waals surface area contributed by atoms with Crippen LogP contribution in [0.25, 0.3) is 28.4 Å². The maximum absolute atomic E-state index is 13.6. The highest BCUT2D eigenvalue weighted by Gasteiger charge is 2.27. The Hall–Kier alpha value is -5.37. The summed E-state index contributed by atoms with van der Waals surface area (Å²) < 4.78 is 20.6. The van der Waals surface area contributed by atoms with E-state index in [0.717, 1.165) is 5.56 Å². The second kappa shape index (κ2) is 11.0. The van der Waals surface area contributed by atoms with E-state index in [1.807, 2.05) is 24.3 Å². The number of benzene rings is 4. The molecule has 1 aliphatic rings. The van der Waals surface area contributed by atoms with E-state index in [2.05, 4.69) is 0 Å². The van der Waals surface area contributed by atoms with Crippen molar-refractivity contribution in [3.05, 3.63) is 130 Å². The van der Waals surface area contributed by atoms with E-state index in [4.69, 9.17) is 9.72 Å². The van der Waals surface area contributed by atoms with Crippen LogP contribution in [0.4, 0.5) is 10.1 Å². The van der Waals surface area contributed by atoms with Gasteiger partial charge in [-0.3, -0.25) is 23.9 Å². The van der Waals surface area contributed by atoms with Crippen LogP contribution in [0.5, 0.6) is 5.75 Å². The molecule has 1 amide bonds. The van der Waals surface area contributed by atoms with Crippen LogP contribution in [-0.2, 0) is 11.3 Å². The fraction of sp³-hybridized carbons (Fsp3) is 0.0909. The van der Waals surface area contributed by atoms with Crippen molar-refractivity contribution >= 4 is 34.4 Å². The molecule has 1 aromatic heterocycles. The molecule has 5 aromatic rings. The maximum Gasteiger partial charge on any atom is 0.265 e. The lowest BCUT2D eigenvalue weighted by Crippen LogP contribution is -2.41. The van der Waals surface area contributed by atoms with Gasteiger partial charge >= 0.3 is 0 Å². The molecule has 0 N–H and O–H groups in total. The molecule has 0 spiro atoms. The van der Waals surface area contributed by atoms with Crippen molar-refractivity contribution in [2.75, 3.05) is 18.1 Å². The van der Waals surface area contributed by atoms with Gasteiger partial charge in [0, 0.05) is 17.7 Å². The summed E-state index contributed by atoms with van der Waals surface area (Å²) >= 11 is 0. The van der Waals surface area contributed by atoms with Crippen LogP contribution < -0.4 is 15.2 Å². The van der Waals surface area contributed by atoms with Crippen LogP contribution in [0.15, 0.2) is 108 Å². The van der Waals surface area contributed by atoms with Crippen LogP contribution in [-0.4, -0.2) is 34.4 Å². The minimum absolute atomic E-state index is 0.0849. The smallest absolute Gasteiger partial charge is 0.265 e. The Morgan fingerprint density at radius 3 is 2.44 bits per heavy atom. The molecule has 1 aliphatic heterocycles. The van der Waals surface area contributed by atoms with Crippen molar-refractivity contribution in [2.24, 2.45) is 0 Å². The number of fused-ring (bicyclic) bond motifs is 2. The molecule has 0 saturated carbocycles. The molecule has 0 fully saturated rings. The molecule has 0 unspecified atom stereocenters. The van der Waals surface area contributed by atoms with Gasteiger partial charge in [0.2, 0.25) is 0 Å². The largest absolute Gasteiger partial charge is 0.482 e. The maximum atomic E-state index is 13.6. The van der Waals surface area contributed by atoms with E-state index < -0.39 is 0 Å². The number of hydrogen-bond donors (Lipinski definition) is 0. The number of ether oxygens (including phenoxy) is 1. The number of anilines is 1. The third kappa shape index (κ3) is 5.27. The van der Waals surface area contributed by atoms with Gasteiger partial charge in [-0.1, -0.05) is 60.7 Å². The number of rotatable bonds is 7. The highest BCUT2D eigenvalue weighted by molar-refractivity contribution is 6.07. The Labute approximate surface area is 234 Å². The van der Waals surface area contributed by atoms with Crippen molar-refractivity contribution in [1.29, 1.82) is 0 Å². The second-order valence-electron chi connectivity index (χ2n) is 9.56. The molecule has 8 heteroatoms. The standard InChI is InChI=1S/C33H24FN3O4/c34-25-17-15-24(16-18-25)32-35-27-8-2-1-7-26(27)33(40)36(32)19-5-6-22-11-13-23(14-12-22)29(38)20-37-28-9-3-4-10-30(28)41-21-31(37)39/h1-18H,19-21H2/b6-5+. The first-order valence-corrected chi connectivity index (χ1v) is 13.1. The van der Waals surface area contributed by atoms with Crippen LogP contribution in [0.3, 0.4) is 0 Å². The quantitative estimate of drug-likeness (QED) is 0.252. The lowest BCUT2D eigenvalue weighted by Gasteiger charge is -2.28. The molecule has 6 rings (SSSR count). The van der Waals surface area contributed by atoms with Crippen molar-refractivity contribution in [2.45, 2.75) is 6.54 Å². The molecular weight excluding hydrogens is 521 g/mol. The number of nitrogens with zero attached hydrogens (tertiary/aromatic N) is 3. The average molecular weight is 546 g/mol. The third-order valence-electron chi connectivity index (χ3n) is 6.90. The van der Waals surface area contributed by atoms with E-state index >= 15 is 0 Å². The number of allylic oxidation sites excluding steroid dienone is 1. The Bertz CT molecular complexity index is 1860. The van der Waals surface area contributed by atoms with Crippen LogP contribution in [0.2, 0.25) is 0 Å². The lowest BCUT2D eigenvalue weighted by molar-refractivity contribution is -0.121. The first-order valence-electron chi connectivity index (χ1n) is 13.1. The number of amides is 1. The molecule has 0 aliphatic carbocycles. The molecule has 4 aromatic carbocycles. The lowest BCUT2D eigenvalue weighted by atomic mass is 10.1. The fourth-order valence-electron chi connectivity index (χ4n) is 4.79. The summed E-state index contributed by atoms with van der Waals surface area (Å²) in [7, 11) is 0. The number of Topliss-reactive ketones (excluding diaryl/α,β-unsaturated/α-hetero) is 1. The Morgan fingerprint density at radius 2 is 1.63 bits per heavy atom. The summed E-state index contributed by atoms with van der Waals surface area (Å²) in [5.41, 5.74) is 2.90. The normalized spacial score (nSPS) is 12.9. The van der Waals surface area contributed by atoms with Crippen LogP contribution in [0, 0.1) is 5.82 Å². The zero-order valence-corrected chi connectivity index (χ0v) is 21.9. The molecule has 2 heterocycles. The number of hydrogen-bond acceptors (Lipinski definition) is 5. The number of carbonyl (C=O) groups is 2. The molecule has 0 radical (unpaired) electrons. The Morgan fingerprint density at radius 1 is 0.902 bits per heavy atom. The zero-order chi connectivity index (χ0) is 28.3. The number of carbonyl (C=O) groups excluding carboxylic acids is 2. The minimum Gasteiger partial charge on any atom is -0.482 e. The monoisotopic (exact) mass is 545 g/mol. The molecule has 41 heavy (non-hydrogen) atoms. The number of ketones is 1. The third-order valence-corrected chi connectivity index (χ3v) is 6.90. The Kier molecular flexibility index (Phi) is 6.95. The van der Waals surface area contributed by atoms with Crippen molar-refractivity contribution in [1.82, 2.24) is 9.55 Å². The minimum atomic E-state index is -0.369. The van der Waals surface area contributed by atoms with Crippen molar-refractivity contribution in [3.8, 4) is 17.1 Å². The zero-order valence-electron chi connectivity index (χ0n) is 21.9. The van der Waals surface area contributed by atoms with Gasteiger partial charge in [0.15, 0.2) is 12.4 Å². The fourth-order valence-corrected chi connectivity index (χ4v) is 4.79. The Balaban J connectivity index is 1.21. The van der Waals surface area contributed by atoms with E-state index in [0.29, 0.717) is 39.3 Å². The van der Waals surface area contributed by atoms with Crippen molar-refractivity contribution < 1.29 is 18.7 Å². The molecule has 7 nitrogen and oxygen atoms in total. The number of halogens is 1. The van der Waals surface area contributed by atoms with Crippen molar-refractivity contribution in [3.63, 3.8) is 0 Å². The van der Waals surface area contributed by atoms with Gasteiger partial charge in [-0.2, -0.15) is 0 Å². The molecule has 0 bridgehead atoms. The summed E-state index contributed by atoms with van der Waals surface area (Å²) in [6, 6.07) is 27.2. The number of para-hydroxylation sites is 3. The van der Waals surface area contributed by atoms with Gasteiger partial charge in [0.05, 0.1) is 23.1 Å². The summed E-state index contributed by atoms with van der Waals surface area (Å²) in [5, 5.41) is 0.496. The topological polar surface area (TPSA) is 81.5 Å². The SMILES string of the molecule is O=C(CN1C(=O)COc2ccccc21)c1ccc(/C=C/Cn2c(-c3ccc(F)cc3)nc3ccccc3c2=O)cc1. The van der Waals surface area contributed by atoms with Crippen LogP contribution in [0.1, 0.15) is 15.9 Å². The summed E-state index contributed by atoms with van der Waals surface area (Å²) in [6.07, 6.45) is 3.69. The second-order valence-corrected chi connectivity index (χ2v) is 9.56. The first kappa shape index (κ1) is 25.9. The van der Waals surface area contributed by atoms with Gasteiger partial charge in [-0.15, -0.1) is 0 Å². The highest BCUT2D eigenvalue weighted by atomic mass is 19.1. The van der Waals surface area contributed by atoms with E-state index in [1.54, 1.807) is 77.4 Å². The first-order chi connectivity index (χ1) is 20.0. The van der Waals surface area contributed by atoms with Gasteiger partial charge in [0.1, 0.15) is 17.4 Å². The van der Waals surface area contributed by atoms with E-state index in [1.165, 1.54) is 17.0 Å². The highest BCUT2D eigenvalue weighted by Crippen LogP contribution is 2.31. The predicted molar refractivity (Wildman–Crippen MR) is 155 cm³/mol. The average Bonchev–Trinajstić information content (AvgIpc) is 3.00. The summed E-state index contributed by atoms with van der Waals surface area (Å²) in [6.45, 7) is 0.0494. The van der Waals surface area contributed by atoms with Gasteiger partial charge < -0.3 is 4.74 Å². The molecule has 202 valence electrons. The summed E-state index contributed by atoms with van der Waals surface area (Å²) in [5.74, 6) is 0.187. The van der Waals surface area contributed by atoms with Gasteiger partial charge in [0.25, 0.3) is 11.5 Å².